The zero-order valence-electron chi connectivity index (χ0n) is 29.0. The quantitative estimate of drug-likeness (QED) is 0.0317. The van der Waals surface area contributed by atoms with E-state index >= 15 is 0 Å². The number of pyridine rings is 1. The topological polar surface area (TPSA) is 138 Å². The van der Waals surface area contributed by atoms with Crippen LogP contribution in [0.2, 0.25) is 0 Å². The largest absolute Gasteiger partial charge is 0.529 e. The summed E-state index contributed by atoms with van der Waals surface area (Å²) in [5, 5.41) is 0.624. The number of ether oxygens (including phenoxy) is 2. The van der Waals surface area contributed by atoms with Crippen LogP contribution in [0, 0.1) is 0 Å². The molecule has 1 aromatic heterocycles. The molecular formula is C37H52NO9PS2. The van der Waals surface area contributed by atoms with Gasteiger partial charge in [-0.25, -0.2) is 9.36 Å². The molecule has 50 heavy (non-hydrogen) atoms. The van der Waals surface area contributed by atoms with Crippen LogP contribution in [0.3, 0.4) is 0 Å². The maximum atomic E-state index is 12.6. The van der Waals surface area contributed by atoms with Gasteiger partial charge in [0.05, 0.1) is 5.56 Å². The minimum absolute atomic E-state index is 0.0416. The molecule has 0 amide bonds. The number of rotatable bonds is 26. The Bertz CT molecular complexity index is 1310. The SMILES string of the molecule is CC/C=C/C/C=C/C/C=C/C/C=C/C/C=C/CCCC(=O)O[C@H](COC(=O)CCCC[C@@H]1CCSS1)COP(=O)(O)OC(=O)c1cccnc1. The van der Waals surface area contributed by atoms with E-state index in [1.807, 2.05) is 33.7 Å². The molecule has 0 saturated carbocycles. The minimum atomic E-state index is -4.88. The number of esters is 2. The number of carbonyl (C=O) groups excluding carboxylic acids is 3. The van der Waals surface area contributed by atoms with Crippen molar-refractivity contribution in [3.8, 4) is 0 Å². The summed E-state index contributed by atoms with van der Waals surface area (Å²) in [6, 6.07) is 2.84. The van der Waals surface area contributed by atoms with Crippen LogP contribution in [0.4, 0.5) is 0 Å². The van der Waals surface area contributed by atoms with Gasteiger partial charge < -0.3 is 14.0 Å². The van der Waals surface area contributed by atoms with Crippen molar-refractivity contribution in [1.29, 1.82) is 0 Å². The van der Waals surface area contributed by atoms with E-state index in [0.717, 1.165) is 50.7 Å². The average molecular weight is 750 g/mol. The summed E-state index contributed by atoms with van der Waals surface area (Å²) >= 11 is 0. The molecule has 0 aliphatic carbocycles. The lowest BCUT2D eigenvalue weighted by molar-refractivity contribution is -0.161. The Hall–Kier alpha value is -2.89. The molecule has 1 fully saturated rings. The summed E-state index contributed by atoms with van der Waals surface area (Å²) in [6.07, 6.45) is 32.6. The van der Waals surface area contributed by atoms with Crippen molar-refractivity contribution in [3.05, 3.63) is 90.9 Å². The van der Waals surface area contributed by atoms with Crippen molar-refractivity contribution in [2.45, 2.75) is 102 Å². The first-order chi connectivity index (χ1) is 24.3. The fourth-order valence-electron chi connectivity index (χ4n) is 4.40. The standard InChI is InChI=1S/C37H52NO9PS2/c1-2-3-4-5-6-7-8-9-10-11-12-13-14-15-16-17-18-25-36(40)46-33(30-44-35(39)24-20-19-23-34-26-28-49-50-34)31-45-48(42,43)47-37(41)32-22-21-27-38-29-32/h3-4,6-7,9-10,12-13,15-16,21-22,27,29,33-34H,2,5,8,11,14,17-20,23-26,28,30-31H2,1H3,(H,42,43)/b4-3+,7-6+,10-9+,13-12+,16-15+/t33-,34-/m1/s1. The fourth-order valence-corrected chi connectivity index (χ4v) is 8.15. The Balaban J connectivity index is 1.72. The molecule has 13 heteroatoms. The third-order valence-electron chi connectivity index (χ3n) is 7.04. The van der Waals surface area contributed by atoms with Gasteiger partial charge in [-0.05, 0) is 76.3 Å². The Kier molecular flexibility index (Phi) is 24.0. The highest BCUT2D eigenvalue weighted by molar-refractivity contribution is 8.77. The number of unbranched alkanes of at least 4 members (excludes halogenated alkanes) is 2. The maximum Gasteiger partial charge on any atom is 0.529 e. The predicted octanol–water partition coefficient (Wildman–Crippen LogP) is 9.45. The van der Waals surface area contributed by atoms with Gasteiger partial charge >= 0.3 is 25.7 Å². The summed E-state index contributed by atoms with van der Waals surface area (Å²) in [6.45, 7) is 1.13. The molecule has 1 aliphatic heterocycles. The first kappa shape index (κ1) is 43.3. The summed E-state index contributed by atoms with van der Waals surface area (Å²) in [4.78, 5) is 51.0. The number of phosphoric ester groups is 1. The second-order valence-corrected chi connectivity index (χ2v) is 15.5. The zero-order chi connectivity index (χ0) is 36.1. The Morgan fingerprint density at radius 2 is 1.58 bits per heavy atom. The van der Waals surface area contributed by atoms with Crippen LogP contribution in [-0.2, 0) is 32.7 Å². The van der Waals surface area contributed by atoms with E-state index in [4.69, 9.17) is 14.0 Å². The van der Waals surface area contributed by atoms with Crippen LogP contribution in [0.1, 0.15) is 101 Å². The van der Waals surface area contributed by atoms with Gasteiger partial charge in [-0.15, -0.1) is 0 Å². The van der Waals surface area contributed by atoms with Crippen molar-refractivity contribution < 1.29 is 42.4 Å². The van der Waals surface area contributed by atoms with Crippen molar-refractivity contribution in [2.24, 2.45) is 0 Å². The molecule has 1 aliphatic rings. The van der Waals surface area contributed by atoms with Crippen LogP contribution >= 0.6 is 29.4 Å². The number of nitrogens with zero attached hydrogens (tertiary/aromatic N) is 1. The van der Waals surface area contributed by atoms with E-state index < -0.39 is 38.4 Å². The number of hydrogen-bond donors (Lipinski definition) is 1. The van der Waals surface area contributed by atoms with Crippen molar-refractivity contribution in [1.82, 2.24) is 4.98 Å². The van der Waals surface area contributed by atoms with Gasteiger partial charge in [0.25, 0.3) is 0 Å². The van der Waals surface area contributed by atoms with Crippen LogP contribution in [0.25, 0.3) is 0 Å². The van der Waals surface area contributed by atoms with Gasteiger partial charge in [-0.2, -0.15) is 0 Å². The van der Waals surface area contributed by atoms with Crippen LogP contribution < -0.4 is 0 Å². The average Bonchev–Trinajstić information content (AvgIpc) is 3.63. The summed E-state index contributed by atoms with van der Waals surface area (Å²) in [5.41, 5.74) is -0.0416. The fraction of sp³-hybridized carbons (Fsp3) is 0.514. The molecule has 1 unspecified atom stereocenters. The summed E-state index contributed by atoms with van der Waals surface area (Å²) in [5.74, 6) is -0.984. The third kappa shape index (κ3) is 22.8. The number of hydrogen-bond acceptors (Lipinski definition) is 11. The highest BCUT2D eigenvalue weighted by Crippen LogP contribution is 2.44. The molecule has 276 valence electrons. The molecule has 2 heterocycles. The Morgan fingerprint density at radius 1 is 0.920 bits per heavy atom. The molecule has 0 aromatic carbocycles. The Morgan fingerprint density at radius 3 is 2.20 bits per heavy atom. The van der Waals surface area contributed by atoms with E-state index in [1.54, 1.807) is 0 Å². The normalized spacial score (nSPS) is 16.9. The maximum absolute atomic E-state index is 12.6. The molecule has 10 nitrogen and oxygen atoms in total. The molecular weight excluding hydrogens is 698 g/mol. The number of allylic oxidation sites excluding steroid dienone is 10. The monoisotopic (exact) mass is 749 g/mol. The van der Waals surface area contributed by atoms with Gasteiger partial charge in [-0.1, -0.05) is 95.7 Å². The Labute approximate surface area is 305 Å². The predicted molar refractivity (Wildman–Crippen MR) is 202 cm³/mol. The second-order valence-electron chi connectivity index (χ2n) is 11.4. The highest BCUT2D eigenvalue weighted by Gasteiger charge is 2.30. The summed E-state index contributed by atoms with van der Waals surface area (Å²) in [7, 11) is -1.11. The van der Waals surface area contributed by atoms with Crippen molar-refractivity contribution in [2.75, 3.05) is 19.0 Å². The molecule has 0 spiro atoms. The van der Waals surface area contributed by atoms with Gasteiger partial charge in [0.2, 0.25) is 0 Å². The van der Waals surface area contributed by atoms with E-state index in [-0.39, 0.29) is 25.0 Å². The van der Waals surface area contributed by atoms with Crippen molar-refractivity contribution >= 4 is 47.3 Å². The number of carbonyl (C=O) groups is 3. The summed E-state index contributed by atoms with van der Waals surface area (Å²) < 4.78 is 32.8. The lowest BCUT2D eigenvalue weighted by Gasteiger charge is -2.19. The van der Waals surface area contributed by atoms with Gasteiger partial charge in [-0.3, -0.25) is 24.0 Å². The molecule has 0 bridgehead atoms. The van der Waals surface area contributed by atoms with Crippen LogP contribution in [-0.4, -0.2) is 58.1 Å². The lowest BCUT2D eigenvalue weighted by atomic mass is 10.1. The van der Waals surface area contributed by atoms with Crippen LogP contribution in [0.5, 0.6) is 0 Å². The van der Waals surface area contributed by atoms with Gasteiger partial charge in [0, 0.05) is 36.2 Å². The van der Waals surface area contributed by atoms with E-state index in [2.05, 4.69) is 65.0 Å². The second kappa shape index (κ2) is 27.8. The van der Waals surface area contributed by atoms with E-state index in [9.17, 15) is 23.8 Å². The third-order valence-corrected chi connectivity index (χ3v) is 10.9. The first-order valence-corrected chi connectivity index (χ1v) is 21.2. The molecule has 3 atom stereocenters. The molecule has 2 rings (SSSR count). The molecule has 0 radical (unpaired) electrons. The highest BCUT2D eigenvalue weighted by atomic mass is 33.1. The lowest BCUT2D eigenvalue weighted by Crippen LogP contribution is -2.29. The number of phosphoric acid groups is 1. The van der Waals surface area contributed by atoms with Crippen molar-refractivity contribution in [3.63, 3.8) is 0 Å². The zero-order valence-corrected chi connectivity index (χ0v) is 31.5. The van der Waals surface area contributed by atoms with Crippen LogP contribution in [0.15, 0.2) is 85.3 Å². The molecule has 1 aromatic rings. The van der Waals surface area contributed by atoms with E-state index in [1.165, 1.54) is 30.9 Å². The first-order valence-electron chi connectivity index (χ1n) is 17.3. The van der Waals surface area contributed by atoms with Gasteiger partial charge in [0.1, 0.15) is 13.2 Å². The smallest absolute Gasteiger partial charge is 0.462 e. The molecule has 1 saturated heterocycles. The minimum Gasteiger partial charge on any atom is -0.462 e. The number of aromatic nitrogens is 1. The van der Waals surface area contributed by atoms with E-state index in [0.29, 0.717) is 24.5 Å². The van der Waals surface area contributed by atoms with Gasteiger partial charge in [0.15, 0.2) is 6.10 Å². The molecule has 1 N–H and O–H groups in total.